The average molecular weight is 845 g/mol. The summed E-state index contributed by atoms with van der Waals surface area (Å²) in [6, 6.07) is 22.1. The van der Waals surface area contributed by atoms with Crippen molar-refractivity contribution >= 4 is 35.4 Å². The molecule has 0 unspecified atom stereocenters. The summed E-state index contributed by atoms with van der Waals surface area (Å²) in [5.74, 6) is -1.26. The highest BCUT2D eigenvalue weighted by molar-refractivity contribution is 5.98. The van der Waals surface area contributed by atoms with Gasteiger partial charge in [-0.05, 0) is 136 Å². The van der Waals surface area contributed by atoms with E-state index in [2.05, 4.69) is 45.5 Å². The molecule has 2 saturated heterocycles. The van der Waals surface area contributed by atoms with Crippen molar-refractivity contribution in [3.8, 4) is 0 Å². The van der Waals surface area contributed by atoms with E-state index in [0.717, 1.165) is 51.4 Å². The van der Waals surface area contributed by atoms with Gasteiger partial charge in [-0.3, -0.25) is 28.8 Å². The fraction of sp³-hybridized carbons (Fsp3) is 0.520. The van der Waals surface area contributed by atoms with Crippen LogP contribution < -0.4 is 21.3 Å². The Morgan fingerprint density at radius 1 is 0.548 bits per heavy atom. The standard InChI is InChI=1S/C50H64N6O6/c1-33(49(61)55-31-11-23-43(55)47(59)53-41-21-7-17-35-15-3-5-19-39(35)41)13-9-29-51-45(57)37-25-27-38(28-26-37)46(58)52-30-10-14-34(2)50(62)56-32-12-24-44(56)48(60)54-42-22-8-18-36-16-4-6-20-40(36)42/h3-6,15-16,19-20,25-28,33-34,41-44H,7-14,17-18,21-24,29-32H2,1-2H3,(H,51,57)(H,52,58)(H,53,59)(H,54,60)/t33-,34-,41+,42+,43-,44-/m0/s1. The number of benzene rings is 3. The molecule has 12 nitrogen and oxygen atoms in total. The van der Waals surface area contributed by atoms with Crippen molar-refractivity contribution in [2.75, 3.05) is 26.2 Å². The highest BCUT2D eigenvalue weighted by Crippen LogP contribution is 2.32. The number of likely N-dealkylation sites (tertiary alicyclic amines) is 2. The SMILES string of the molecule is C[C@@H](CCCNC(=O)c1ccc(C(=O)NCCC[C@H](C)C(=O)N2CCC[C@H]2C(=O)N[C@@H]2CCCc3ccccc32)cc1)C(=O)N1CCC[C@H]1C(=O)N[C@@H]1CCCc2ccccc21. The second-order valence-corrected chi connectivity index (χ2v) is 17.9. The molecule has 7 rings (SSSR count). The lowest BCUT2D eigenvalue weighted by Gasteiger charge is -2.31. The number of nitrogens with zero attached hydrogens (tertiary/aromatic N) is 2. The third kappa shape index (κ3) is 10.7. The number of aryl methyl sites for hydroxylation is 2. The van der Waals surface area contributed by atoms with Gasteiger partial charge in [-0.15, -0.1) is 0 Å². The van der Waals surface area contributed by atoms with Crippen LogP contribution in [0.25, 0.3) is 0 Å². The normalized spacial score (nSPS) is 21.5. The molecule has 3 aromatic rings. The first-order valence-corrected chi connectivity index (χ1v) is 23.1. The first-order valence-electron chi connectivity index (χ1n) is 23.1. The lowest BCUT2D eigenvalue weighted by molar-refractivity contribution is -0.141. The van der Waals surface area contributed by atoms with E-state index in [1.807, 2.05) is 38.1 Å². The lowest BCUT2D eigenvalue weighted by Crippen LogP contribution is -2.48. The summed E-state index contributed by atoms with van der Waals surface area (Å²) in [5.41, 5.74) is 5.79. The Labute approximate surface area is 366 Å². The number of carbonyl (C=O) groups excluding carboxylic acids is 6. The predicted octanol–water partition coefficient (Wildman–Crippen LogP) is 6.35. The van der Waals surface area contributed by atoms with Gasteiger partial charge in [-0.25, -0.2) is 0 Å². The van der Waals surface area contributed by atoms with Crippen LogP contribution in [0.15, 0.2) is 72.8 Å². The first kappa shape index (κ1) is 44.5. The van der Waals surface area contributed by atoms with Gasteiger partial charge in [0.2, 0.25) is 23.6 Å². The molecule has 12 heteroatoms. The second-order valence-electron chi connectivity index (χ2n) is 17.9. The zero-order valence-corrected chi connectivity index (χ0v) is 36.5. The van der Waals surface area contributed by atoms with Crippen molar-refractivity contribution in [3.05, 3.63) is 106 Å². The zero-order valence-electron chi connectivity index (χ0n) is 36.5. The van der Waals surface area contributed by atoms with Crippen LogP contribution in [0.3, 0.4) is 0 Å². The third-order valence-corrected chi connectivity index (χ3v) is 13.5. The van der Waals surface area contributed by atoms with Gasteiger partial charge >= 0.3 is 0 Å². The topological polar surface area (TPSA) is 157 Å². The Bertz CT molecular complexity index is 1940. The summed E-state index contributed by atoms with van der Waals surface area (Å²) in [7, 11) is 0. The molecule has 3 aromatic carbocycles. The van der Waals surface area contributed by atoms with Crippen LogP contribution in [-0.2, 0) is 32.0 Å². The summed E-state index contributed by atoms with van der Waals surface area (Å²) < 4.78 is 0. The fourth-order valence-electron chi connectivity index (χ4n) is 9.96. The Kier molecular flexibility index (Phi) is 15.1. The number of rotatable bonds is 16. The molecule has 330 valence electrons. The highest BCUT2D eigenvalue weighted by atomic mass is 16.2. The molecule has 0 aromatic heterocycles. The Morgan fingerprint density at radius 2 is 0.952 bits per heavy atom. The van der Waals surface area contributed by atoms with E-state index >= 15 is 0 Å². The van der Waals surface area contributed by atoms with Crippen molar-refractivity contribution in [1.82, 2.24) is 31.1 Å². The summed E-state index contributed by atoms with van der Waals surface area (Å²) in [6.07, 6.45) is 11.2. The lowest BCUT2D eigenvalue weighted by atomic mass is 9.87. The molecule has 4 aliphatic rings. The minimum atomic E-state index is -0.454. The van der Waals surface area contributed by atoms with Crippen LogP contribution in [-0.4, -0.2) is 83.5 Å². The van der Waals surface area contributed by atoms with Crippen LogP contribution in [0.2, 0.25) is 0 Å². The van der Waals surface area contributed by atoms with Gasteiger partial charge in [0.15, 0.2) is 0 Å². The molecule has 62 heavy (non-hydrogen) atoms. The van der Waals surface area contributed by atoms with Gasteiger partial charge in [-0.2, -0.15) is 0 Å². The number of nitrogens with one attached hydrogen (secondary N) is 4. The molecule has 6 amide bonds. The van der Waals surface area contributed by atoms with Gasteiger partial charge in [0.25, 0.3) is 11.8 Å². The molecular formula is C50H64N6O6. The minimum Gasteiger partial charge on any atom is -0.352 e. The fourth-order valence-corrected chi connectivity index (χ4v) is 9.96. The van der Waals surface area contributed by atoms with E-state index in [-0.39, 0.29) is 59.4 Å². The smallest absolute Gasteiger partial charge is 0.251 e. The van der Waals surface area contributed by atoms with Gasteiger partial charge in [0.1, 0.15) is 12.1 Å². The summed E-state index contributed by atoms with van der Waals surface area (Å²) in [4.78, 5) is 83.1. The predicted molar refractivity (Wildman–Crippen MR) is 238 cm³/mol. The maximum atomic E-state index is 13.5. The molecular weight excluding hydrogens is 781 g/mol. The van der Waals surface area contributed by atoms with E-state index in [0.29, 0.717) is 75.8 Å². The van der Waals surface area contributed by atoms with E-state index in [9.17, 15) is 28.8 Å². The quantitative estimate of drug-likeness (QED) is 0.123. The van der Waals surface area contributed by atoms with E-state index in [1.165, 1.54) is 22.3 Å². The van der Waals surface area contributed by atoms with Crippen molar-refractivity contribution in [3.63, 3.8) is 0 Å². The van der Waals surface area contributed by atoms with Gasteiger partial charge in [-0.1, -0.05) is 62.4 Å². The maximum Gasteiger partial charge on any atom is 0.251 e. The molecule has 0 spiro atoms. The van der Waals surface area contributed by atoms with Gasteiger partial charge in [0.05, 0.1) is 12.1 Å². The van der Waals surface area contributed by atoms with Crippen molar-refractivity contribution in [2.45, 2.75) is 128 Å². The summed E-state index contributed by atoms with van der Waals surface area (Å²) in [5, 5.41) is 12.3. The maximum absolute atomic E-state index is 13.5. The molecule has 0 saturated carbocycles. The van der Waals surface area contributed by atoms with Crippen LogP contribution in [0.5, 0.6) is 0 Å². The number of fused-ring (bicyclic) bond motifs is 2. The summed E-state index contributed by atoms with van der Waals surface area (Å²) >= 11 is 0. The van der Waals surface area contributed by atoms with Gasteiger partial charge < -0.3 is 31.1 Å². The van der Waals surface area contributed by atoms with Crippen molar-refractivity contribution in [2.24, 2.45) is 11.8 Å². The van der Waals surface area contributed by atoms with Crippen molar-refractivity contribution in [1.29, 1.82) is 0 Å². The Hall–Kier alpha value is -5.52. The number of hydrogen-bond donors (Lipinski definition) is 4. The average Bonchev–Trinajstić information content (AvgIpc) is 4.00. The molecule has 0 radical (unpaired) electrons. The Balaban J connectivity index is 0.780. The van der Waals surface area contributed by atoms with Gasteiger partial charge in [0, 0.05) is 49.1 Å². The highest BCUT2D eigenvalue weighted by Gasteiger charge is 2.38. The largest absolute Gasteiger partial charge is 0.352 e. The van der Waals surface area contributed by atoms with Crippen LogP contribution in [0.1, 0.15) is 146 Å². The first-order chi connectivity index (χ1) is 30.1. The molecule has 2 heterocycles. The van der Waals surface area contributed by atoms with E-state index in [4.69, 9.17) is 0 Å². The molecule has 2 aliphatic carbocycles. The second kappa shape index (κ2) is 21.0. The van der Waals surface area contributed by atoms with Crippen LogP contribution in [0.4, 0.5) is 0 Å². The van der Waals surface area contributed by atoms with E-state index < -0.39 is 12.1 Å². The monoisotopic (exact) mass is 844 g/mol. The molecule has 2 aliphatic heterocycles. The third-order valence-electron chi connectivity index (χ3n) is 13.5. The minimum absolute atomic E-state index is 0.0203. The molecule has 4 N–H and O–H groups in total. The molecule has 2 fully saturated rings. The number of amides is 6. The molecule has 0 bridgehead atoms. The van der Waals surface area contributed by atoms with Crippen LogP contribution >= 0.6 is 0 Å². The van der Waals surface area contributed by atoms with Crippen LogP contribution in [0, 0.1) is 11.8 Å². The Morgan fingerprint density at radius 3 is 1.37 bits per heavy atom. The molecule has 6 atom stereocenters. The summed E-state index contributed by atoms with van der Waals surface area (Å²) in [6.45, 7) is 5.72. The number of carbonyl (C=O) groups is 6. The zero-order chi connectivity index (χ0) is 43.6. The van der Waals surface area contributed by atoms with Crippen molar-refractivity contribution < 1.29 is 28.8 Å². The van der Waals surface area contributed by atoms with E-state index in [1.54, 1.807) is 34.1 Å². The number of hydrogen-bond acceptors (Lipinski definition) is 6.